The number of aromatic nitrogens is 5. The summed E-state index contributed by atoms with van der Waals surface area (Å²) < 4.78 is 0. The number of nitrogens with one attached hydrogen (secondary N) is 1. The second-order valence-electron chi connectivity index (χ2n) is 6.18. The van der Waals surface area contributed by atoms with E-state index in [2.05, 4.69) is 32.2 Å². The van der Waals surface area contributed by atoms with Gasteiger partial charge in [-0.25, -0.2) is 19.9 Å². The van der Waals surface area contributed by atoms with Crippen LogP contribution in [0.25, 0.3) is 11.3 Å². The molecule has 3 heterocycles. The van der Waals surface area contributed by atoms with Gasteiger partial charge in [-0.15, -0.1) is 0 Å². The lowest BCUT2D eigenvalue weighted by atomic mass is 10.2. The predicted molar refractivity (Wildman–Crippen MR) is 96.3 cm³/mol. The van der Waals surface area contributed by atoms with E-state index in [-0.39, 0.29) is 0 Å². The second-order valence-corrected chi connectivity index (χ2v) is 6.18. The normalized spacial score (nSPS) is 12.8. The van der Waals surface area contributed by atoms with E-state index < -0.39 is 0 Å². The Morgan fingerprint density at radius 1 is 1.00 bits per heavy atom. The summed E-state index contributed by atoms with van der Waals surface area (Å²) in [5.41, 5.74) is 5.62. The minimum atomic E-state index is 0.618. The Bertz CT molecular complexity index is 878. The molecule has 0 amide bonds. The van der Waals surface area contributed by atoms with Gasteiger partial charge in [0.2, 0.25) is 5.95 Å². The number of anilines is 1. The average molecular weight is 332 g/mol. The van der Waals surface area contributed by atoms with Gasteiger partial charge in [0.1, 0.15) is 5.82 Å². The van der Waals surface area contributed by atoms with Crippen molar-refractivity contribution < 1.29 is 0 Å². The Hall–Kier alpha value is -2.89. The molecule has 0 radical (unpaired) electrons. The van der Waals surface area contributed by atoms with Crippen molar-refractivity contribution in [2.24, 2.45) is 0 Å². The molecule has 0 atom stereocenters. The molecule has 0 aromatic carbocycles. The van der Waals surface area contributed by atoms with E-state index in [4.69, 9.17) is 4.98 Å². The molecule has 3 aromatic rings. The Balaban J connectivity index is 1.42. The monoisotopic (exact) mass is 332 g/mol. The standard InChI is InChI=1S/C19H20N6/c1-13-15-3-2-4-17(15)24-18(23-13)8-12-22-19-21-11-7-16(25-19)14-5-9-20-10-6-14/h5-7,9-11H,2-4,8,12H2,1H3,(H,21,22,25). The lowest BCUT2D eigenvalue weighted by molar-refractivity contribution is 0.842. The lowest BCUT2D eigenvalue weighted by Crippen LogP contribution is -2.12. The first-order chi connectivity index (χ1) is 12.3. The highest BCUT2D eigenvalue weighted by Gasteiger charge is 2.16. The molecule has 1 aliphatic rings. The third-order valence-electron chi connectivity index (χ3n) is 4.45. The van der Waals surface area contributed by atoms with Gasteiger partial charge in [-0.2, -0.15) is 0 Å². The number of hydrogen-bond donors (Lipinski definition) is 1. The molecule has 25 heavy (non-hydrogen) atoms. The molecular weight excluding hydrogens is 312 g/mol. The maximum atomic E-state index is 4.71. The fourth-order valence-electron chi connectivity index (χ4n) is 3.21. The first-order valence-electron chi connectivity index (χ1n) is 8.62. The van der Waals surface area contributed by atoms with Crippen molar-refractivity contribution in [2.75, 3.05) is 11.9 Å². The van der Waals surface area contributed by atoms with Crippen molar-refractivity contribution in [2.45, 2.75) is 32.6 Å². The maximum absolute atomic E-state index is 4.71. The Morgan fingerprint density at radius 3 is 2.76 bits per heavy atom. The van der Waals surface area contributed by atoms with Gasteiger partial charge in [-0.05, 0) is 49.9 Å². The number of fused-ring (bicyclic) bond motifs is 1. The van der Waals surface area contributed by atoms with Crippen molar-refractivity contribution in [1.29, 1.82) is 0 Å². The van der Waals surface area contributed by atoms with Crippen LogP contribution in [0.15, 0.2) is 36.8 Å². The molecular formula is C19H20N6. The van der Waals surface area contributed by atoms with Crippen molar-refractivity contribution in [3.8, 4) is 11.3 Å². The Morgan fingerprint density at radius 2 is 1.88 bits per heavy atom. The molecule has 3 aromatic heterocycles. The summed E-state index contributed by atoms with van der Waals surface area (Å²) in [7, 11) is 0. The van der Waals surface area contributed by atoms with Gasteiger partial charge in [0.15, 0.2) is 0 Å². The van der Waals surface area contributed by atoms with E-state index in [0.717, 1.165) is 42.0 Å². The predicted octanol–water partition coefficient (Wildman–Crippen LogP) is 2.78. The molecule has 6 heteroatoms. The lowest BCUT2D eigenvalue weighted by Gasteiger charge is -2.08. The van der Waals surface area contributed by atoms with Gasteiger partial charge in [0.05, 0.1) is 5.69 Å². The van der Waals surface area contributed by atoms with Crippen LogP contribution < -0.4 is 5.32 Å². The largest absolute Gasteiger partial charge is 0.354 e. The van der Waals surface area contributed by atoms with E-state index in [1.807, 2.05) is 18.2 Å². The van der Waals surface area contributed by atoms with Gasteiger partial charge in [0.25, 0.3) is 0 Å². The summed E-state index contributed by atoms with van der Waals surface area (Å²) in [6, 6.07) is 5.77. The number of nitrogens with zero attached hydrogens (tertiary/aromatic N) is 5. The highest BCUT2D eigenvalue weighted by Crippen LogP contribution is 2.22. The third-order valence-corrected chi connectivity index (χ3v) is 4.45. The van der Waals surface area contributed by atoms with Crippen LogP contribution >= 0.6 is 0 Å². The molecule has 0 unspecified atom stereocenters. The Kier molecular flexibility index (Phi) is 4.33. The summed E-state index contributed by atoms with van der Waals surface area (Å²) in [5.74, 6) is 1.52. The van der Waals surface area contributed by atoms with Gasteiger partial charge in [-0.1, -0.05) is 0 Å². The molecule has 1 N–H and O–H groups in total. The van der Waals surface area contributed by atoms with Gasteiger partial charge >= 0.3 is 0 Å². The zero-order valence-electron chi connectivity index (χ0n) is 14.2. The molecule has 6 nitrogen and oxygen atoms in total. The molecule has 0 saturated heterocycles. The summed E-state index contributed by atoms with van der Waals surface area (Å²) in [6.07, 6.45) is 9.45. The summed E-state index contributed by atoms with van der Waals surface area (Å²) >= 11 is 0. The Labute approximate surface area is 146 Å². The first-order valence-corrected chi connectivity index (χ1v) is 8.62. The summed E-state index contributed by atoms with van der Waals surface area (Å²) in [4.78, 5) is 22.2. The topological polar surface area (TPSA) is 76.5 Å². The van der Waals surface area contributed by atoms with Crippen LogP contribution in [0.1, 0.15) is 29.2 Å². The van der Waals surface area contributed by atoms with Crippen molar-refractivity contribution in [3.05, 3.63) is 59.6 Å². The maximum Gasteiger partial charge on any atom is 0.223 e. The zero-order valence-corrected chi connectivity index (χ0v) is 14.2. The van der Waals surface area contributed by atoms with Crippen LogP contribution in [-0.2, 0) is 19.3 Å². The van der Waals surface area contributed by atoms with Crippen molar-refractivity contribution >= 4 is 5.95 Å². The van der Waals surface area contributed by atoms with Gasteiger partial charge < -0.3 is 5.32 Å². The minimum absolute atomic E-state index is 0.618. The van der Waals surface area contributed by atoms with Crippen molar-refractivity contribution in [3.63, 3.8) is 0 Å². The van der Waals surface area contributed by atoms with Gasteiger partial charge in [0, 0.05) is 48.5 Å². The zero-order chi connectivity index (χ0) is 17.1. The highest BCUT2D eigenvalue weighted by molar-refractivity contribution is 5.58. The molecule has 0 saturated carbocycles. The second kappa shape index (κ2) is 6.93. The quantitative estimate of drug-likeness (QED) is 0.774. The number of pyridine rings is 1. The van der Waals surface area contributed by atoms with Crippen LogP contribution in [0, 0.1) is 6.92 Å². The van der Waals surface area contributed by atoms with E-state index in [0.29, 0.717) is 12.5 Å². The molecule has 0 aliphatic heterocycles. The van der Waals surface area contributed by atoms with Crippen molar-refractivity contribution in [1.82, 2.24) is 24.9 Å². The third kappa shape index (κ3) is 3.47. The SMILES string of the molecule is Cc1nc(CCNc2nccc(-c3ccncc3)n2)nc2c1CCC2. The van der Waals surface area contributed by atoms with E-state index in [1.165, 1.54) is 17.7 Å². The van der Waals surface area contributed by atoms with E-state index in [9.17, 15) is 0 Å². The van der Waals surface area contributed by atoms with Crippen LogP contribution in [0.3, 0.4) is 0 Å². The number of rotatable bonds is 5. The van der Waals surface area contributed by atoms with Crippen LogP contribution in [0.2, 0.25) is 0 Å². The fourth-order valence-corrected chi connectivity index (χ4v) is 3.21. The molecule has 0 bridgehead atoms. The summed E-state index contributed by atoms with van der Waals surface area (Å²) in [6.45, 7) is 2.79. The molecule has 126 valence electrons. The minimum Gasteiger partial charge on any atom is -0.354 e. The van der Waals surface area contributed by atoms with E-state index in [1.54, 1.807) is 18.6 Å². The average Bonchev–Trinajstić information content (AvgIpc) is 3.12. The van der Waals surface area contributed by atoms with E-state index >= 15 is 0 Å². The fraction of sp³-hybridized carbons (Fsp3) is 0.316. The molecule has 0 fully saturated rings. The molecule has 1 aliphatic carbocycles. The smallest absolute Gasteiger partial charge is 0.223 e. The number of aryl methyl sites for hydroxylation is 2. The summed E-state index contributed by atoms with van der Waals surface area (Å²) in [5, 5.41) is 3.27. The highest BCUT2D eigenvalue weighted by atomic mass is 15.1. The van der Waals surface area contributed by atoms with Crippen LogP contribution in [0.4, 0.5) is 5.95 Å². The van der Waals surface area contributed by atoms with Crippen LogP contribution in [-0.4, -0.2) is 31.5 Å². The van der Waals surface area contributed by atoms with Gasteiger partial charge in [-0.3, -0.25) is 4.98 Å². The first kappa shape index (κ1) is 15.6. The number of hydrogen-bond acceptors (Lipinski definition) is 6. The van der Waals surface area contributed by atoms with Crippen LogP contribution in [0.5, 0.6) is 0 Å². The molecule has 0 spiro atoms. The molecule has 4 rings (SSSR count).